The first-order valence-electron chi connectivity index (χ1n) is 9.03. The summed E-state index contributed by atoms with van der Waals surface area (Å²) in [4.78, 5) is 64.6. The van der Waals surface area contributed by atoms with Gasteiger partial charge in [-0.05, 0) is 25.8 Å². The highest BCUT2D eigenvalue weighted by molar-refractivity contribution is 6.38. The van der Waals surface area contributed by atoms with E-state index in [1.54, 1.807) is 0 Å². The molecule has 0 radical (unpaired) electrons. The highest BCUT2D eigenvalue weighted by atomic mass is 35.5. The number of amides is 4. The molecule has 0 aliphatic carbocycles. The molecule has 2 rings (SSSR count). The smallest absolute Gasteiger partial charge is 0.411 e. The van der Waals surface area contributed by atoms with Crippen LogP contribution in [0.1, 0.15) is 30.1 Å². The number of methoxy groups -OCH3 is 1. The van der Waals surface area contributed by atoms with E-state index in [0.717, 1.165) is 13.3 Å². The van der Waals surface area contributed by atoms with Gasteiger partial charge in [0.2, 0.25) is 11.7 Å². The molecule has 11 nitrogen and oxygen atoms in total. The molecule has 2 heterocycles. The molecule has 1 fully saturated rings. The number of rotatable bonds is 7. The maximum absolute atomic E-state index is 12.9. The summed E-state index contributed by atoms with van der Waals surface area (Å²) in [6.07, 6.45) is 0.702. The number of anilines is 1. The molecule has 1 unspecified atom stereocenters. The van der Waals surface area contributed by atoms with Crippen molar-refractivity contribution in [1.82, 2.24) is 20.9 Å². The van der Waals surface area contributed by atoms with Crippen LogP contribution >= 0.6 is 11.6 Å². The molecule has 0 saturated carbocycles. The van der Waals surface area contributed by atoms with Gasteiger partial charge in [-0.15, -0.1) is 0 Å². The molecule has 1 aromatic heterocycles. The van der Waals surface area contributed by atoms with E-state index >= 15 is 0 Å². The summed E-state index contributed by atoms with van der Waals surface area (Å²) in [5.74, 6) is -3.41. The van der Waals surface area contributed by atoms with Gasteiger partial charge in [-0.2, -0.15) is 0 Å². The summed E-state index contributed by atoms with van der Waals surface area (Å²) < 4.78 is 4.50. The van der Waals surface area contributed by atoms with Crippen molar-refractivity contribution in [3.8, 4) is 0 Å². The lowest BCUT2D eigenvalue weighted by molar-refractivity contribution is -0.139. The topological polar surface area (TPSA) is 156 Å². The average molecular weight is 440 g/mol. The van der Waals surface area contributed by atoms with Gasteiger partial charge in [-0.3, -0.25) is 24.5 Å². The minimum Gasteiger partial charge on any atom is -0.453 e. The van der Waals surface area contributed by atoms with Gasteiger partial charge in [0.25, 0.3) is 11.8 Å². The van der Waals surface area contributed by atoms with Gasteiger partial charge in [0, 0.05) is 19.0 Å². The number of pyridine rings is 1. The minimum absolute atomic E-state index is 0.0119. The summed E-state index contributed by atoms with van der Waals surface area (Å²) in [5.41, 5.74) is -0.110. The number of nitrogens with one attached hydrogen (secondary N) is 4. The summed E-state index contributed by atoms with van der Waals surface area (Å²) in [7, 11) is 2.43. The molecular weight excluding hydrogens is 418 g/mol. The number of ether oxygens (including phenoxy) is 1. The van der Waals surface area contributed by atoms with Crippen LogP contribution in [0.4, 0.5) is 10.5 Å². The Balaban J connectivity index is 2.28. The van der Waals surface area contributed by atoms with Crippen LogP contribution in [-0.4, -0.2) is 60.8 Å². The van der Waals surface area contributed by atoms with Crippen LogP contribution in [0.25, 0.3) is 0 Å². The summed E-state index contributed by atoms with van der Waals surface area (Å²) in [6, 6.07) is -0.159. The fourth-order valence-corrected chi connectivity index (χ4v) is 3.23. The van der Waals surface area contributed by atoms with Crippen LogP contribution < -0.4 is 21.3 Å². The zero-order chi connectivity index (χ0) is 22.4. The van der Waals surface area contributed by atoms with Gasteiger partial charge in [0.1, 0.15) is 5.15 Å². The zero-order valence-electron chi connectivity index (χ0n) is 16.6. The lowest BCUT2D eigenvalue weighted by Gasteiger charge is -2.20. The van der Waals surface area contributed by atoms with Gasteiger partial charge in [-0.25, -0.2) is 9.78 Å². The van der Waals surface area contributed by atoms with Crippen LogP contribution in [0.5, 0.6) is 0 Å². The first kappa shape index (κ1) is 23.1. The molecule has 0 bridgehead atoms. The predicted octanol–water partition coefficient (Wildman–Crippen LogP) is 0.241. The quantitative estimate of drug-likeness (QED) is 0.350. The fourth-order valence-electron chi connectivity index (χ4n) is 3.07. The van der Waals surface area contributed by atoms with Crippen LogP contribution in [0.15, 0.2) is 12.3 Å². The molecule has 30 heavy (non-hydrogen) atoms. The second-order valence-corrected chi connectivity index (χ2v) is 7.10. The van der Waals surface area contributed by atoms with Crippen molar-refractivity contribution in [2.45, 2.75) is 31.8 Å². The number of carbonyl (C=O) groups excluding carboxylic acids is 5. The third kappa shape index (κ3) is 5.66. The predicted molar refractivity (Wildman–Crippen MR) is 106 cm³/mol. The average Bonchev–Trinajstić information content (AvgIpc) is 3.03. The number of aromatic nitrogens is 1. The Morgan fingerprint density at radius 2 is 2.07 bits per heavy atom. The van der Waals surface area contributed by atoms with Crippen molar-refractivity contribution in [2.24, 2.45) is 5.92 Å². The van der Waals surface area contributed by atoms with Crippen molar-refractivity contribution < 1.29 is 28.7 Å². The molecule has 4 amide bonds. The van der Waals surface area contributed by atoms with Crippen molar-refractivity contribution in [3.63, 3.8) is 0 Å². The molecule has 1 saturated heterocycles. The maximum Gasteiger partial charge on any atom is 0.411 e. The van der Waals surface area contributed by atoms with Crippen LogP contribution in [-0.2, 0) is 19.1 Å². The molecule has 3 atom stereocenters. The Hall–Kier alpha value is -3.21. The molecular formula is C18H22ClN5O6. The van der Waals surface area contributed by atoms with E-state index in [2.05, 4.69) is 31.0 Å². The minimum atomic E-state index is -1.27. The SMILES string of the molecule is CNC(=O)C(=O)C(C[C@@H]1C[C@@H](C)NC1=O)NC(=O)c1cc(Cl)ncc1NC(=O)OC. The van der Waals surface area contributed by atoms with Gasteiger partial charge in [-0.1, -0.05) is 11.6 Å². The molecule has 0 spiro atoms. The van der Waals surface area contributed by atoms with E-state index in [1.165, 1.54) is 13.1 Å². The Morgan fingerprint density at radius 3 is 2.63 bits per heavy atom. The van der Waals surface area contributed by atoms with Crippen molar-refractivity contribution in [1.29, 1.82) is 0 Å². The van der Waals surface area contributed by atoms with E-state index in [4.69, 9.17) is 11.6 Å². The highest BCUT2D eigenvalue weighted by Crippen LogP contribution is 2.22. The molecule has 1 aliphatic rings. The van der Waals surface area contributed by atoms with E-state index in [9.17, 15) is 24.0 Å². The van der Waals surface area contributed by atoms with E-state index in [1.807, 2.05) is 6.92 Å². The highest BCUT2D eigenvalue weighted by Gasteiger charge is 2.36. The largest absolute Gasteiger partial charge is 0.453 e. The maximum atomic E-state index is 12.9. The number of Topliss-reactive ketones (excluding diaryl/α,β-unsaturated/α-hetero) is 1. The fraction of sp³-hybridized carbons (Fsp3) is 0.444. The zero-order valence-corrected chi connectivity index (χ0v) is 17.3. The van der Waals surface area contributed by atoms with Gasteiger partial charge in [0.05, 0.1) is 30.6 Å². The van der Waals surface area contributed by atoms with E-state index in [0.29, 0.717) is 6.42 Å². The van der Waals surface area contributed by atoms with Crippen molar-refractivity contribution >= 4 is 46.9 Å². The van der Waals surface area contributed by atoms with E-state index in [-0.39, 0.29) is 34.8 Å². The van der Waals surface area contributed by atoms with Crippen LogP contribution in [0, 0.1) is 5.92 Å². The number of halogens is 1. The van der Waals surface area contributed by atoms with Gasteiger partial charge < -0.3 is 20.7 Å². The second-order valence-electron chi connectivity index (χ2n) is 6.72. The monoisotopic (exact) mass is 439 g/mol. The summed E-state index contributed by atoms with van der Waals surface area (Å²) in [6.45, 7) is 1.82. The Bertz CT molecular complexity index is 877. The lowest BCUT2D eigenvalue weighted by Crippen LogP contribution is -2.48. The third-order valence-corrected chi connectivity index (χ3v) is 4.73. The molecule has 1 aliphatic heterocycles. The molecule has 0 aromatic carbocycles. The van der Waals surface area contributed by atoms with Crippen LogP contribution in [0.3, 0.4) is 0 Å². The Kier molecular flexibility index (Phi) is 7.70. The number of hydrogen-bond acceptors (Lipinski definition) is 7. The normalized spacial score (nSPS) is 18.7. The Morgan fingerprint density at radius 1 is 1.37 bits per heavy atom. The number of nitrogens with zero attached hydrogens (tertiary/aromatic N) is 1. The van der Waals surface area contributed by atoms with Gasteiger partial charge >= 0.3 is 6.09 Å². The van der Waals surface area contributed by atoms with E-state index < -0.39 is 35.7 Å². The Labute approximate surface area is 177 Å². The molecule has 12 heteroatoms. The van der Waals surface area contributed by atoms with Gasteiger partial charge in [0.15, 0.2) is 0 Å². The lowest BCUT2D eigenvalue weighted by atomic mass is 9.94. The number of hydrogen-bond donors (Lipinski definition) is 4. The number of likely N-dealkylation sites (N-methyl/N-ethyl adjacent to an activating group) is 1. The first-order chi connectivity index (χ1) is 14.2. The number of ketones is 1. The summed E-state index contributed by atoms with van der Waals surface area (Å²) >= 11 is 5.86. The van der Waals surface area contributed by atoms with Crippen molar-refractivity contribution in [3.05, 3.63) is 23.0 Å². The molecule has 1 aromatic rings. The molecule has 162 valence electrons. The molecule has 4 N–H and O–H groups in total. The van der Waals surface area contributed by atoms with Crippen LogP contribution in [0.2, 0.25) is 5.15 Å². The first-order valence-corrected chi connectivity index (χ1v) is 9.41. The third-order valence-electron chi connectivity index (χ3n) is 4.53. The number of carbonyl (C=O) groups is 5. The second kappa shape index (κ2) is 10.0. The summed E-state index contributed by atoms with van der Waals surface area (Å²) in [5, 5.41) is 9.69. The van der Waals surface area contributed by atoms with Crippen molar-refractivity contribution in [2.75, 3.05) is 19.5 Å². The standard InChI is InChI=1S/C18H22ClN5O6/c1-8-4-9(15(26)22-8)5-11(14(25)17(28)20-2)23-16(27)10-6-13(19)21-7-12(10)24-18(29)30-3/h6-9,11H,4-5H2,1-3H3,(H,20,28)(H,22,26)(H,23,27)(H,24,29)/t8-,9+,11?/m1/s1.